The molecule has 8 heteroatoms. The molecular weight excluding hydrogens is 326 g/mol. The van der Waals surface area contributed by atoms with Crippen molar-refractivity contribution in [2.75, 3.05) is 31.6 Å². The van der Waals surface area contributed by atoms with Crippen LogP contribution >= 0.6 is 24.8 Å². The Labute approximate surface area is 135 Å². The monoisotopic (exact) mass is 345 g/mol. The van der Waals surface area contributed by atoms with Crippen LogP contribution in [0, 0.1) is 5.92 Å². The summed E-state index contributed by atoms with van der Waals surface area (Å²) in [6.45, 7) is 2.71. The lowest BCUT2D eigenvalue weighted by Crippen LogP contribution is -2.34. The van der Waals surface area contributed by atoms with Crippen LogP contribution in [0.5, 0.6) is 0 Å². The number of rotatable bonds is 3. The number of hydrogen-bond donors (Lipinski definition) is 1. The predicted molar refractivity (Wildman–Crippen MR) is 82.6 cm³/mol. The number of pyridine rings is 1. The SMILES string of the molecule is CN(CC1CCNCC1)c1cc(C(F)(F)F)ccn1.Cl.Cl. The van der Waals surface area contributed by atoms with Gasteiger partial charge in [0.05, 0.1) is 5.56 Å². The molecule has 0 aromatic carbocycles. The molecule has 21 heavy (non-hydrogen) atoms. The highest BCUT2D eigenvalue weighted by atomic mass is 35.5. The molecule has 1 fully saturated rings. The van der Waals surface area contributed by atoms with Gasteiger partial charge in [-0.2, -0.15) is 13.2 Å². The Morgan fingerprint density at radius 1 is 1.29 bits per heavy atom. The fourth-order valence-electron chi connectivity index (χ4n) is 2.35. The van der Waals surface area contributed by atoms with Crippen LogP contribution in [0.1, 0.15) is 18.4 Å². The Kier molecular flexibility index (Phi) is 8.36. The first-order valence-corrected chi connectivity index (χ1v) is 6.42. The van der Waals surface area contributed by atoms with E-state index in [4.69, 9.17) is 0 Å². The van der Waals surface area contributed by atoms with Gasteiger partial charge in [0.25, 0.3) is 0 Å². The number of piperidine rings is 1. The molecule has 0 saturated carbocycles. The summed E-state index contributed by atoms with van der Waals surface area (Å²) in [5, 5.41) is 3.27. The van der Waals surface area contributed by atoms with Crippen molar-refractivity contribution in [1.29, 1.82) is 0 Å². The van der Waals surface area contributed by atoms with Crippen molar-refractivity contribution in [3.05, 3.63) is 23.9 Å². The molecule has 1 N–H and O–H groups in total. The Hall–Kier alpha value is -0.720. The number of nitrogens with one attached hydrogen (secondary N) is 1. The summed E-state index contributed by atoms with van der Waals surface area (Å²) >= 11 is 0. The molecule has 0 radical (unpaired) electrons. The molecule has 0 unspecified atom stereocenters. The molecule has 2 heterocycles. The van der Waals surface area contributed by atoms with E-state index in [-0.39, 0.29) is 24.8 Å². The summed E-state index contributed by atoms with van der Waals surface area (Å²) < 4.78 is 37.9. The lowest BCUT2D eigenvalue weighted by molar-refractivity contribution is -0.137. The van der Waals surface area contributed by atoms with Crippen LogP contribution < -0.4 is 10.2 Å². The van der Waals surface area contributed by atoms with Crippen LogP contribution in [0.4, 0.5) is 19.0 Å². The summed E-state index contributed by atoms with van der Waals surface area (Å²) in [4.78, 5) is 5.84. The van der Waals surface area contributed by atoms with Crippen molar-refractivity contribution in [3.8, 4) is 0 Å². The highest BCUT2D eigenvalue weighted by molar-refractivity contribution is 5.85. The molecule has 1 aliphatic heterocycles. The number of aromatic nitrogens is 1. The summed E-state index contributed by atoms with van der Waals surface area (Å²) in [7, 11) is 1.80. The van der Waals surface area contributed by atoms with Crippen molar-refractivity contribution in [2.24, 2.45) is 5.92 Å². The van der Waals surface area contributed by atoms with E-state index >= 15 is 0 Å². The zero-order chi connectivity index (χ0) is 13.9. The van der Waals surface area contributed by atoms with Gasteiger partial charge in [-0.3, -0.25) is 0 Å². The standard InChI is InChI=1S/C13H18F3N3.2ClH/c1-19(9-10-2-5-17-6-3-10)12-8-11(4-7-18-12)13(14,15)16;;/h4,7-8,10,17H,2-3,5-6,9H2,1H3;2*1H. The van der Waals surface area contributed by atoms with Gasteiger partial charge in [0.15, 0.2) is 0 Å². The van der Waals surface area contributed by atoms with Crippen LogP contribution in [-0.4, -0.2) is 31.7 Å². The molecule has 122 valence electrons. The number of alkyl halides is 3. The van der Waals surface area contributed by atoms with Gasteiger partial charge in [0, 0.05) is 19.8 Å². The van der Waals surface area contributed by atoms with E-state index in [1.54, 1.807) is 7.05 Å². The lowest BCUT2D eigenvalue weighted by Gasteiger charge is -2.28. The topological polar surface area (TPSA) is 28.2 Å². The summed E-state index contributed by atoms with van der Waals surface area (Å²) in [5.41, 5.74) is -0.644. The van der Waals surface area contributed by atoms with Crippen molar-refractivity contribution in [2.45, 2.75) is 19.0 Å². The van der Waals surface area contributed by atoms with E-state index < -0.39 is 11.7 Å². The van der Waals surface area contributed by atoms with Gasteiger partial charge in [-0.05, 0) is 44.0 Å². The highest BCUT2D eigenvalue weighted by Crippen LogP contribution is 2.30. The molecule has 0 amide bonds. The van der Waals surface area contributed by atoms with E-state index in [0.717, 1.165) is 44.6 Å². The normalized spacial score (nSPS) is 15.8. The largest absolute Gasteiger partial charge is 0.416 e. The molecule has 0 aliphatic carbocycles. The van der Waals surface area contributed by atoms with Crippen LogP contribution in [0.3, 0.4) is 0 Å². The Balaban J connectivity index is 0.00000200. The first-order valence-electron chi connectivity index (χ1n) is 6.42. The van der Waals surface area contributed by atoms with Crippen molar-refractivity contribution in [1.82, 2.24) is 10.3 Å². The van der Waals surface area contributed by atoms with Crippen molar-refractivity contribution >= 4 is 30.6 Å². The van der Waals surface area contributed by atoms with Gasteiger partial charge >= 0.3 is 6.18 Å². The molecule has 1 saturated heterocycles. The second-order valence-electron chi connectivity index (χ2n) is 4.97. The fourth-order valence-corrected chi connectivity index (χ4v) is 2.35. The van der Waals surface area contributed by atoms with Gasteiger partial charge in [0.1, 0.15) is 5.82 Å². The first-order chi connectivity index (χ1) is 8.97. The van der Waals surface area contributed by atoms with Crippen LogP contribution in [-0.2, 0) is 6.18 Å². The van der Waals surface area contributed by atoms with E-state index in [2.05, 4.69) is 10.3 Å². The zero-order valence-corrected chi connectivity index (χ0v) is 13.3. The third kappa shape index (κ3) is 5.88. The number of anilines is 1. The highest BCUT2D eigenvalue weighted by Gasteiger charge is 2.31. The lowest BCUT2D eigenvalue weighted by atomic mass is 9.98. The zero-order valence-electron chi connectivity index (χ0n) is 11.7. The average molecular weight is 346 g/mol. The maximum Gasteiger partial charge on any atom is 0.416 e. The molecule has 0 bridgehead atoms. The van der Waals surface area contributed by atoms with Crippen LogP contribution in [0.2, 0.25) is 0 Å². The minimum atomic E-state index is -4.31. The quantitative estimate of drug-likeness (QED) is 0.910. The Bertz CT molecular complexity index is 423. The van der Waals surface area contributed by atoms with E-state index in [9.17, 15) is 13.2 Å². The maximum absolute atomic E-state index is 12.6. The van der Waals surface area contributed by atoms with Crippen LogP contribution in [0.15, 0.2) is 18.3 Å². The smallest absolute Gasteiger partial charge is 0.359 e. The molecule has 3 nitrogen and oxygen atoms in total. The molecule has 2 rings (SSSR count). The summed E-state index contributed by atoms with van der Waals surface area (Å²) in [5.74, 6) is 0.899. The molecule has 1 aromatic rings. The van der Waals surface area contributed by atoms with E-state index in [0.29, 0.717) is 11.7 Å². The third-order valence-electron chi connectivity index (χ3n) is 3.45. The molecule has 0 spiro atoms. The molecule has 1 aliphatic rings. The van der Waals surface area contributed by atoms with Gasteiger partial charge in [-0.15, -0.1) is 24.8 Å². The molecule has 0 atom stereocenters. The van der Waals surface area contributed by atoms with Gasteiger partial charge < -0.3 is 10.2 Å². The fraction of sp³-hybridized carbons (Fsp3) is 0.615. The summed E-state index contributed by atoms with van der Waals surface area (Å²) in [6.07, 6.45) is -0.975. The maximum atomic E-state index is 12.6. The minimum absolute atomic E-state index is 0. The number of halogens is 5. The molecule has 1 aromatic heterocycles. The Morgan fingerprint density at radius 3 is 2.48 bits per heavy atom. The number of nitrogens with zero attached hydrogens (tertiary/aromatic N) is 2. The van der Waals surface area contributed by atoms with E-state index in [1.165, 1.54) is 6.20 Å². The van der Waals surface area contributed by atoms with E-state index in [1.807, 2.05) is 4.90 Å². The summed E-state index contributed by atoms with van der Waals surface area (Å²) in [6, 6.07) is 2.11. The molecular formula is C13H20Cl2F3N3. The van der Waals surface area contributed by atoms with Crippen molar-refractivity contribution in [3.63, 3.8) is 0 Å². The van der Waals surface area contributed by atoms with Gasteiger partial charge in [-0.1, -0.05) is 0 Å². The third-order valence-corrected chi connectivity index (χ3v) is 3.45. The predicted octanol–water partition coefficient (Wildman–Crippen LogP) is 3.38. The first kappa shape index (κ1) is 20.3. The van der Waals surface area contributed by atoms with Crippen molar-refractivity contribution < 1.29 is 13.2 Å². The number of hydrogen-bond acceptors (Lipinski definition) is 3. The van der Waals surface area contributed by atoms with Gasteiger partial charge in [-0.25, -0.2) is 4.98 Å². The average Bonchev–Trinajstić information content (AvgIpc) is 2.39. The second kappa shape index (κ2) is 8.66. The second-order valence-corrected chi connectivity index (χ2v) is 4.97. The minimum Gasteiger partial charge on any atom is -0.359 e. The van der Waals surface area contributed by atoms with Crippen LogP contribution in [0.25, 0.3) is 0 Å². The Morgan fingerprint density at radius 2 is 1.90 bits per heavy atom. The van der Waals surface area contributed by atoms with Gasteiger partial charge in [0.2, 0.25) is 0 Å².